The van der Waals surface area contributed by atoms with Crippen LogP contribution in [0.4, 0.5) is 39.5 Å². The molecule has 0 spiro atoms. The number of unbranched alkanes of at least 4 members (excludes halogenated alkanes) is 1. The van der Waals surface area contributed by atoms with Gasteiger partial charge >= 0.3 is 23.9 Å². The molecule has 1 radical (unpaired) electrons. The van der Waals surface area contributed by atoms with Gasteiger partial charge in [0.1, 0.15) is 0 Å². The van der Waals surface area contributed by atoms with Crippen LogP contribution in [-0.2, 0) is 5.92 Å². The monoisotopic (exact) mass is 351 g/mol. The number of hydrogen-bond donors (Lipinski definition) is 0. The fourth-order valence-corrected chi connectivity index (χ4v) is 1.81. The molecule has 9 heteroatoms. The van der Waals surface area contributed by atoms with Crippen molar-refractivity contribution in [3.05, 3.63) is 41.8 Å². The second-order valence-electron chi connectivity index (χ2n) is 4.80. The molecule has 0 heterocycles. The largest absolute Gasteiger partial charge is 0.460 e. The minimum Gasteiger partial charge on any atom is -0.194 e. The van der Waals surface area contributed by atoms with Crippen LogP contribution in [0.25, 0.3) is 0 Å². The summed E-state index contributed by atoms with van der Waals surface area (Å²) in [6.07, 6.45) is -5.14. The van der Waals surface area contributed by atoms with Crippen LogP contribution in [0.5, 0.6) is 0 Å². The predicted octanol–water partition coefficient (Wildman–Crippen LogP) is 5.96. The van der Waals surface area contributed by atoms with E-state index in [-0.39, 0.29) is 6.42 Å². The Morgan fingerprint density at radius 1 is 0.826 bits per heavy atom. The Kier molecular flexibility index (Phi) is 5.33. The zero-order valence-corrected chi connectivity index (χ0v) is 11.7. The van der Waals surface area contributed by atoms with Gasteiger partial charge < -0.3 is 0 Å². The quantitative estimate of drug-likeness (QED) is 0.555. The second-order valence-corrected chi connectivity index (χ2v) is 4.80. The van der Waals surface area contributed by atoms with Crippen molar-refractivity contribution in [1.29, 1.82) is 0 Å². The zero-order valence-electron chi connectivity index (χ0n) is 11.7. The summed E-state index contributed by atoms with van der Waals surface area (Å²) in [4.78, 5) is 0. The summed E-state index contributed by atoms with van der Waals surface area (Å²) in [6, 6.07) is 3.39. The van der Waals surface area contributed by atoms with Crippen molar-refractivity contribution in [2.75, 3.05) is 0 Å². The van der Waals surface area contributed by atoms with Crippen LogP contribution in [0, 0.1) is 6.42 Å². The van der Waals surface area contributed by atoms with Gasteiger partial charge in [-0.2, -0.15) is 39.5 Å². The number of alkyl halides is 9. The van der Waals surface area contributed by atoms with Gasteiger partial charge in [0.15, 0.2) is 0 Å². The summed E-state index contributed by atoms with van der Waals surface area (Å²) in [7, 11) is 0. The molecule has 131 valence electrons. The Morgan fingerprint density at radius 3 is 1.83 bits per heavy atom. The molecule has 0 aliphatic rings. The summed E-state index contributed by atoms with van der Waals surface area (Å²) in [6.45, 7) is 1.64. The van der Waals surface area contributed by atoms with Crippen molar-refractivity contribution >= 4 is 0 Å². The van der Waals surface area contributed by atoms with E-state index in [1.54, 1.807) is 6.92 Å². The molecule has 0 nitrogen and oxygen atoms in total. The van der Waals surface area contributed by atoms with Crippen molar-refractivity contribution < 1.29 is 39.5 Å². The van der Waals surface area contributed by atoms with E-state index in [1.807, 2.05) is 0 Å². The van der Waals surface area contributed by atoms with Crippen LogP contribution in [0.3, 0.4) is 0 Å². The number of rotatable bonds is 6. The topological polar surface area (TPSA) is 0 Å². The third kappa shape index (κ3) is 3.28. The minimum absolute atomic E-state index is 0.161. The Hall–Kier alpha value is -1.41. The zero-order chi connectivity index (χ0) is 18.1. The first-order valence-corrected chi connectivity index (χ1v) is 6.43. The summed E-state index contributed by atoms with van der Waals surface area (Å²) in [5.41, 5.74) is -2.10. The Balaban J connectivity index is 3.41. The molecular weight excluding hydrogens is 339 g/mol. The second kappa shape index (κ2) is 6.24. The third-order valence-corrected chi connectivity index (χ3v) is 3.10. The van der Waals surface area contributed by atoms with Gasteiger partial charge in [-0.1, -0.05) is 37.6 Å². The molecule has 1 aromatic carbocycles. The van der Waals surface area contributed by atoms with E-state index < -0.39 is 35.1 Å². The third-order valence-electron chi connectivity index (χ3n) is 3.10. The van der Waals surface area contributed by atoms with Gasteiger partial charge in [-0.3, -0.25) is 0 Å². The molecule has 0 aromatic heterocycles. The van der Waals surface area contributed by atoms with E-state index in [0.29, 0.717) is 12.5 Å². The van der Waals surface area contributed by atoms with Crippen molar-refractivity contribution in [1.82, 2.24) is 0 Å². The lowest BCUT2D eigenvalue weighted by Gasteiger charge is -2.34. The lowest BCUT2D eigenvalue weighted by atomic mass is 9.91. The number of halogens is 9. The van der Waals surface area contributed by atoms with E-state index in [9.17, 15) is 39.5 Å². The van der Waals surface area contributed by atoms with Gasteiger partial charge in [0.05, 0.1) is 0 Å². The van der Waals surface area contributed by atoms with Gasteiger partial charge in [0.2, 0.25) is 0 Å². The van der Waals surface area contributed by atoms with Crippen molar-refractivity contribution in [2.24, 2.45) is 0 Å². The molecule has 1 rings (SSSR count). The van der Waals surface area contributed by atoms with Gasteiger partial charge in [0.25, 0.3) is 0 Å². The Morgan fingerprint density at radius 2 is 1.35 bits per heavy atom. The molecule has 0 unspecified atom stereocenters. The molecular formula is C14H12F9. The summed E-state index contributed by atoms with van der Waals surface area (Å²) < 4.78 is 117. The van der Waals surface area contributed by atoms with Crippen LogP contribution < -0.4 is 0 Å². The van der Waals surface area contributed by atoms with E-state index in [1.165, 1.54) is 6.07 Å². The average molecular weight is 351 g/mol. The molecule has 0 bridgehead atoms. The first kappa shape index (κ1) is 19.6. The molecule has 1 aromatic rings. The molecule has 0 aliphatic heterocycles. The standard InChI is InChI=1S/C14H12F9/c1-2-3-6-9-7-4-5-8-10(9)11(15,16)12(17,18)13(19,20)14(21,22)23/h4-8H,2-3H2,1H3. The summed E-state index contributed by atoms with van der Waals surface area (Å²) >= 11 is 0. The molecule has 0 saturated carbocycles. The van der Waals surface area contributed by atoms with E-state index in [4.69, 9.17) is 0 Å². The molecule has 0 atom stereocenters. The summed E-state index contributed by atoms with van der Waals surface area (Å²) in [5, 5.41) is 0. The van der Waals surface area contributed by atoms with E-state index >= 15 is 0 Å². The normalized spacial score (nSPS) is 14.2. The molecule has 0 amide bonds. The van der Waals surface area contributed by atoms with E-state index in [0.717, 1.165) is 18.6 Å². The first-order valence-electron chi connectivity index (χ1n) is 6.43. The molecule has 0 aliphatic carbocycles. The smallest absolute Gasteiger partial charge is 0.194 e. The van der Waals surface area contributed by atoms with Gasteiger partial charge in [-0.05, 0) is 18.4 Å². The van der Waals surface area contributed by atoms with Crippen LogP contribution in [0.2, 0.25) is 0 Å². The maximum atomic E-state index is 13.9. The Labute approximate surface area is 126 Å². The first-order chi connectivity index (χ1) is 10.3. The lowest BCUT2D eigenvalue weighted by Crippen LogP contribution is -2.59. The highest BCUT2D eigenvalue weighted by molar-refractivity contribution is 5.38. The average Bonchev–Trinajstić information content (AvgIpc) is 2.43. The number of benzene rings is 1. The van der Waals surface area contributed by atoms with Crippen LogP contribution >= 0.6 is 0 Å². The van der Waals surface area contributed by atoms with Crippen LogP contribution in [0.15, 0.2) is 24.3 Å². The molecule has 0 N–H and O–H groups in total. The van der Waals surface area contributed by atoms with Gasteiger partial charge in [0, 0.05) is 5.56 Å². The maximum Gasteiger partial charge on any atom is 0.460 e. The maximum absolute atomic E-state index is 13.9. The molecule has 0 saturated heterocycles. The van der Waals surface area contributed by atoms with Crippen LogP contribution in [0.1, 0.15) is 30.9 Å². The summed E-state index contributed by atoms with van der Waals surface area (Å²) in [5.74, 6) is -19.2. The number of hydrogen-bond acceptors (Lipinski definition) is 0. The van der Waals surface area contributed by atoms with E-state index in [2.05, 4.69) is 0 Å². The highest BCUT2D eigenvalue weighted by Crippen LogP contribution is 2.57. The van der Waals surface area contributed by atoms with Crippen molar-refractivity contribution in [3.8, 4) is 0 Å². The highest BCUT2D eigenvalue weighted by atomic mass is 19.4. The van der Waals surface area contributed by atoms with Crippen molar-refractivity contribution in [2.45, 2.75) is 43.7 Å². The van der Waals surface area contributed by atoms with Crippen molar-refractivity contribution in [3.63, 3.8) is 0 Å². The fourth-order valence-electron chi connectivity index (χ4n) is 1.81. The lowest BCUT2D eigenvalue weighted by molar-refractivity contribution is -0.399. The van der Waals surface area contributed by atoms with Gasteiger partial charge in [-0.15, -0.1) is 0 Å². The Bertz CT molecular complexity index is 531. The fraction of sp³-hybridized carbons (Fsp3) is 0.500. The molecule has 23 heavy (non-hydrogen) atoms. The minimum atomic E-state index is -6.89. The van der Waals surface area contributed by atoms with Gasteiger partial charge in [-0.25, -0.2) is 0 Å². The van der Waals surface area contributed by atoms with Crippen LogP contribution in [-0.4, -0.2) is 18.0 Å². The highest BCUT2D eigenvalue weighted by Gasteiger charge is 2.82. The SMILES string of the molecule is CCC[CH]c1ccccc1C(F)(F)C(F)(F)C(F)(F)C(F)(F)F. The molecule has 0 fully saturated rings. The predicted molar refractivity (Wildman–Crippen MR) is 64.6 cm³/mol.